The molecule has 2 N–H and O–H groups in total. The minimum absolute atomic E-state index is 0.0463. The minimum atomic E-state index is -5.66. The number of nitrogens with one attached hydrogen (secondary N) is 1. The molecule has 1 rings (SSSR count). The average Bonchev–Trinajstić information content (AvgIpc) is 2.45. The van der Waals surface area contributed by atoms with Gasteiger partial charge in [-0.05, 0) is 19.3 Å². The number of aliphatic hydroxyl groups is 1. The molecule has 136 valence electrons. The molecule has 2 atom stereocenters. The van der Waals surface area contributed by atoms with Crippen molar-refractivity contribution >= 4 is 16.0 Å². The molecule has 0 aliphatic heterocycles. The number of carbonyl (C=O) groups excluding carboxylic acids is 1. The van der Waals surface area contributed by atoms with E-state index in [1.165, 1.54) is 11.6 Å². The SMILES string of the molecule is CCOC(=O)[C@H](O)[C@@H](CC1CCCCC1)NS(=O)(=O)C(F)(F)F. The summed E-state index contributed by atoms with van der Waals surface area (Å²) in [6, 6.07) is -1.57. The maximum atomic E-state index is 12.5. The summed E-state index contributed by atoms with van der Waals surface area (Å²) >= 11 is 0. The first kappa shape index (κ1) is 20.2. The van der Waals surface area contributed by atoms with Crippen LogP contribution in [0.2, 0.25) is 0 Å². The van der Waals surface area contributed by atoms with Gasteiger partial charge in [-0.25, -0.2) is 17.9 Å². The number of rotatable bonds is 7. The summed E-state index contributed by atoms with van der Waals surface area (Å²) in [5.74, 6) is -1.19. The lowest BCUT2D eigenvalue weighted by Crippen LogP contribution is -2.51. The smallest absolute Gasteiger partial charge is 0.464 e. The number of esters is 1. The van der Waals surface area contributed by atoms with Crippen LogP contribution in [0.5, 0.6) is 0 Å². The lowest BCUT2D eigenvalue weighted by Gasteiger charge is -2.29. The molecule has 1 aliphatic carbocycles. The van der Waals surface area contributed by atoms with Gasteiger partial charge in [0.15, 0.2) is 6.10 Å². The highest BCUT2D eigenvalue weighted by Gasteiger charge is 2.48. The van der Waals surface area contributed by atoms with E-state index in [9.17, 15) is 31.5 Å². The van der Waals surface area contributed by atoms with Crippen molar-refractivity contribution in [3.8, 4) is 0 Å². The van der Waals surface area contributed by atoms with Gasteiger partial charge in [0, 0.05) is 0 Å². The normalized spacial score (nSPS) is 20.0. The Hall–Kier alpha value is -0.870. The van der Waals surface area contributed by atoms with Gasteiger partial charge in [-0.2, -0.15) is 13.2 Å². The Morgan fingerprint density at radius 2 is 1.87 bits per heavy atom. The molecule has 0 radical (unpaired) electrons. The molecule has 1 saturated carbocycles. The maximum absolute atomic E-state index is 12.5. The first-order valence-corrected chi connectivity index (χ1v) is 9.00. The number of hydrogen-bond acceptors (Lipinski definition) is 5. The lowest BCUT2D eigenvalue weighted by atomic mass is 9.84. The summed E-state index contributed by atoms with van der Waals surface area (Å²) in [7, 11) is -5.66. The number of carbonyl (C=O) groups is 1. The zero-order valence-corrected chi connectivity index (χ0v) is 13.6. The van der Waals surface area contributed by atoms with Crippen LogP contribution in [0.25, 0.3) is 0 Å². The largest absolute Gasteiger partial charge is 0.511 e. The van der Waals surface area contributed by atoms with Gasteiger partial charge in [0.2, 0.25) is 0 Å². The number of aliphatic hydroxyl groups excluding tert-OH is 1. The number of ether oxygens (including phenoxy) is 1. The quantitative estimate of drug-likeness (QED) is 0.673. The van der Waals surface area contributed by atoms with Crippen LogP contribution in [0.1, 0.15) is 45.4 Å². The number of alkyl halides is 3. The van der Waals surface area contributed by atoms with Crippen molar-refractivity contribution in [1.29, 1.82) is 0 Å². The van der Waals surface area contributed by atoms with Gasteiger partial charge in [0.25, 0.3) is 0 Å². The lowest BCUT2D eigenvalue weighted by molar-refractivity contribution is -0.154. The first-order valence-electron chi connectivity index (χ1n) is 7.51. The summed E-state index contributed by atoms with van der Waals surface area (Å²) in [6.07, 6.45) is 2.21. The highest BCUT2D eigenvalue weighted by atomic mass is 32.2. The van der Waals surface area contributed by atoms with Crippen molar-refractivity contribution in [2.45, 2.75) is 63.1 Å². The molecule has 10 heteroatoms. The molecular formula is C13H22F3NO5S. The van der Waals surface area contributed by atoms with Gasteiger partial charge in [0.1, 0.15) is 0 Å². The summed E-state index contributed by atoms with van der Waals surface area (Å²) in [6.45, 7) is 1.40. The third-order valence-electron chi connectivity index (χ3n) is 3.83. The molecule has 0 spiro atoms. The summed E-state index contributed by atoms with van der Waals surface area (Å²) in [4.78, 5) is 11.6. The molecule has 0 aromatic rings. The monoisotopic (exact) mass is 361 g/mol. The molecule has 1 fully saturated rings. The minimum Gasteiger partial charge on any atom is -0.464 e. The van der Waals surface area contributed by atoms with Crippen molar-refractivity contribution in [1.82, 2.24) is 4.72 Å². The van der Waals surface area contributed by atoms with Gasteiger partial charge in [0.05, 0.1) is 12.6 Å². The molecular weight excluding hydrogens is 339 g/mol. The fraction of sp³-hybridized carbons (Fsp3) is 0.923. The second-order valence-electron chi connectivity index (χ2n) is 5.61. The Bertz CT molecular complexity index is 488. The third kappa shape index (κ3) is 5.92. The molecule has 0 saturated heterocycles. The van der Waals surface area contributed by atoms with Gasteiger partial charge in [-0.15, -0.1) is 0 Å². The van der Waals surface area contributed by atoms with Crippen molar-refractivity contribution < 1.29 is 36.2 Å². The second kappa shape index (κ2) is 8.29. The highest BCUT2D eigenvalue weighted by Crippen LogP contribution is 2.29. The van der Waals surface area contributed by atoms with E-state index in [4.69, 9.17) is 0 Å². The van der Waals surface area contributed by atoms with E-state index in [0.717, 1.165) is 32.1 Å². The zero-order chi connectivity index (χ0) is 17.7. The molecule has 6 nitrogen and oxygen atoms in total. The Morgan fingerprint density at radius 3 is 2.35 bits per heavy atom. The van der Waals surface area contributed by atoms with Crippen LogP contribution in [-0.4, -0.2) is 43.8 Å². The van der Waals surface area contributed by atoms with Crippen LogP contribution in [-0.2, 0) is 19.6 Å². The number of halogens is 3. The van der Waals surface area contributed by atoms with E-state index in [1.807, 2.05) is 0 Å². The fourth-order valence-electron chi connectivity index (χ4n) is 2.68. The molecule has 23 heavy (non-hydrogen) atoms. The Labute approximate surface area is 133 Å². The van der Waals surface area contributed by atoms with Crippen LogP contribution >= 0.6 is 0 Å². The molecule has 0 unspecified atom stereocenters. The van der Waals surface area contributed by atoms with Crippen LogP contribution < -0.4 is 4.72 Å². The Kier molecular flexibility index (Phi) is 7.28. The van der Waals surface area contributed by atoms with Crippen molar-refractivity contribution in [3.63, 3.8) is 0 Å². The van der Waals surface area contributed by atoms with Crippen molar-refractivity contribution in [3.05, 3.63) is 0 Å². The molecule has 0 bridgehead atoms. The Morgan fingerprint density at radius 1 is 1.30 bits per heavy atom. The van der Waals surface area contributed by atoms with Crippen molar-refractivity contribution in [2.24, 2.45) is 5.92 Å². The van der Waals surface area contributed by atoms with E-state index in [0.29, 0.717) is 0 Å². The molecule has 0 aromatic carbocycles. The van der Waals surface area contributed by atoms with Gasteiger partial charge >= 0.3 is 21.5 Å². The first-order chi connectivity index (χ1) is 10.6. The molecule has 0 heterocycles. The topological polar surface area (TPSA) is 92.7 Å². The van der Waals surface area contributed by atoms with E-state index < -0.39 is 33.6 Å². The van der Waals surface area contributed by atoms with E-state index >= 15 is 0 Å². The van der Waals surface area contributed by atoms with Gasteiger partial charge < -0.3 is 9.84 Å². The molecule has 0 aromatic heterocycles. The van der Waals surface area contributed by atoms with E-state index in [1.54, 1.807) is 0 Å². The summed E-state index contributed by atoms with van der Waals surface area (Å²) < 4.78 is 66.2. The fourth-order valence-corrected chi connectivity index (χ4v) is 3.44. The van der Waals surface area contributed by atoms with Crippen LogP contribution in [0.3, 0.4) is 0 Å². The predicted octanol–water partition coefficient (Wildman–Crippen LogP) is 1.69. The van der Waals surface area contributed by atoms with Gasteiger partial charge in [-0.1, -0.05) is 32.1 Å². The van der Waals surface area contributed by atoms with Crippen LogP contribution in [0.4, 0.5) is 13.2 Å². The predicted molar refractivity (Wildman–Crippen MR) is 75.7 cm³/mol. The van der Waals surface area contributed by atoms with E-state index in [2.05, 4.69) is 4.74 Å². The number of hydrogen-bond donors (Lipinski definition) is 2. The highest BCUT2D eigenvalue weighted by molar-refractivity contribution is 7.90. The average molecular weight is 361 g/mol. The zero-order valence-electron chi connectivity index (χ0n) is 12.8. The molecule has 1 aliphatic rings. The number of sulfonamides is 1. The molecule has 0 amide bonds. The standard InChI is InChI=1S/C13H22F3NO5S/c1-2-22-12(19)11(18)10(8-9-6-4-3-5-7-9)17-23(20,21)13(14,15)16/h9-11,17-18H,2-8H2,1H3/t10-,11-/m1/s1. The van der Waals surface area contributed by atoms with Gasteiger partial charge in [-0.3, -0.25) is 0 Å². The third-order valence-corrected chi connectivity index (χ3v) is 5.05. The second-order valence-corrected chi connectivity index (χ2v) is 7.32. The maximum Gasteiger partial charge on any atom is 0.511 e. The van der Waals surface area contributed by atoms with Crippen molar-refractivity contribution in [2.75, 3.05) is 6.61 Å². The Balaban J connectivity index is 2.89. The summed E-state index contributed by atoms with van der Waals surface area (Å²) in [5, 5.41) is 9.90. The van der Waals surface area contributed by atoms with E-state index in [-0.39, 0.29) is 18.9 Å². The summed E-state index contributed by atoms with van der Waals surface area (Å²) in [5.41, 5.74) is -5.51. The van der Waals surface area contributed by atoms with Crippen LogP contribution in [0, 0.1) is 5.92 Å². The van der Waals surface area contributed by atoms with Crippen LogP contribution in [0.15, 0.2) is 0 Å².